The molecule has 0 amide bonds. The average Bonchev–Trinajstić information content (AvgIpc) is 2.27. The first-order valence-corrected chi connectivity index (χ1v) is 5.95. The van der Waals surface area contributed by atoms with Crippen LogP contribution in [-0.4, -0.2) is 43.6 Å². The molecule has 6 N–H and O–H groups in total. The zero-order chi connectivity index (χ0) is 15.3. The Kier molecular flexibility index (Phi) is 6.61. The topological polar surface area (TPSA) is 120 Å². The monoisotopic (exact) mass is 270 g/mol. The molecule has 19 heavy (non-hydrogen) atoms. The summed E-state index contributed by atoms with van der Waals surface area (Å²) in [7, 11) is -1.45. The Labute approximate surface area is 114 Å². The number of hydrogen-bond acceptors (Lipinski definition) is 6. The predicted molar refractivity (Wildman–Crippen MR) is 74.5 cm³/mol. The summed E-state index contributed by atoms with van der Waals surface area (Å²) in [4.78, 5) is 3.87. The van der Waals surface area contributed by atoms with Crippen LogP contribution < -0.4 is 11.2 Å². The molecule has 0 aliphatic carbocycles. The van der Waals surface area contributed by atoms with Crippen LogP contribution in [-0.2, 0) is 6.54 Å². The first kappa shape index (κ1) is 18.0. The van der Waals surface area contributed by atoms with E-state index in [1.165, 1.54) is 6.20 Å². The minimum Gasteiger partial charge on any atom is -0.423 e. The predicted octanol–water partition coefficient (Wildman–Crippen LogP) is -1.25. The number of nitrogens with two attached hydrogens (primary N) is 1. The molecular weight excluding hydrogens is 247 g/mol. The normalized spacial score (nSPS) is 11.6. The van der Waals surface area contributed by atoms with E-state index in [1.54, 1.807) is 39.8 Å². The third-order valence-corrected chi connectivity index (χ3v) is 2.85. The smallest absolute Gasteiger partial charge is 0.423 e. The average molecular weight is 270 g/mol. The van der Waals surface area contributed by atoms with E-state index in [1.807, 2.05) is 0 Å². The van der Waals surface area contributed by atoms with Crippen molar-refractivity contribution in [1.82, 2.24) is 4.98 Å². The van der Waals surface area contributed by atoms with Gasteiger partial charge in [-0.05, 0) is 33.8 Å². The van der Waals surface area contributed by atoms with Gasteiger partial charge in [0.2, 0.25) is 0 Å². The lowest BCUT2D eigenvalue weighted by Crippen LogP contribution is -2.44. The van der Waals surface area contributed by atoms with Gasteiger partial charge < -0.3 is 26.0 Å². The van der Waals surface area contributed by atoms with Crippen LogP contribution in [0.2, 0.25) is 0 Å². The first-order chi connectivity index (χ1) is 8.49. The van der Waals surface area contributed by atoms with Crippen molar-refractivity contribution in [3.63, 3.8) is 0 Å². The molecule has 108 valence electrons. The van der Waals surface area contributed by atoms with E-state index < -0.39 is 18.3 Å². The molecule has 1 aromatic heterocycles. The highest BCUT2D eigenvalue weighted by molar-refractivity contribution is 6.58. The van der Waals surface area contributed by atoms with Gasteiger partial charge in [0.15, 0.2) is 0 Å². The number of rotatable bonds is 3. The molecule has 6 nitrogen and oxygen atoms in total. The molecule has 1 rings (SSSR count). The summed E-state index contributed by atoms with van der Waals surface area (Å²) >= 11 is 0. The van der Waals surface area contributed by atoms with Crippen molar-refractivity contribution in [1.29, 1.82) is 0 Å². The van der Waals surface area contributed by atoms with Crippen molar-refractivity contribution in [3.05, 3.63) is 24.0 Å². The van der Waals surface area contributed by atoms with Crippen molar-refractivity contribution in [2.24, 2.45) is 5.73 Å². The molecule has 0 saturated carbocycles. The Hall–Kier alpha value is -0.985. The van der Waals surface area contributed by atoms with Gasteiger partial charge in [-0.1, -0.05) is 6.07 Å². The fourth-order valence-corrected chi connectivity index (χ4v) is 0.709. The molecule has 1 aromatic rings. The number of aliphatic hydroxyl groups is 2. The zero-order valence-corrected chi connectivity index (χ0v) is 11.8. The van der Waals surface area contributed by atoms with Gasteiger partial charge >= 0.3 is 7.12 Å². The summed E-state index contributed by atoms with van der Waals surface area (Å²) in [5.41, 5.74) is 4.38. The highest BCUT2D eigenvalue weighted by Crippen LogP contribution is 2.19. The number of aromatic nitrogens is 1. The van der Waals surface area contributed by atoms with Crippen molar-refractivity contribution < 1.29 is 20.3 Å². The zero-order valence-electron chi connectivity index (χ0n) is 11.8. The fraction of sp³-hybridized carbons (Fsp3) is 0.583. The molecule has 0 aliphatic heterocycles. The van der Waals surface area contributed by atoms with Crippen molar-refractivity contribution in [2.45, 2.75) is 45.4 Å². The molecule has 0 unspecified atom stereocenters. The van der Waals surface area contributed by atoms with Crippen molar-refractivity contribution >= 4 is 12.6 Å². The van der Waals surface area contributed by atoms with E-state index in [4.69, 9.17) is 26.0 Å². The van der Waals surface area contributed by atoms with Gasteiger partial charge in [-0.15, -0.1) is 0 Å². The standard InChI is InChI=1S/C6H9BN2O2.C6H14O2/c8-3-6-2-1-5(4-9-6)7(10)11;1-5(2,7)6(3,4)8/h1-2,4,10-11H,3,8H2;7-8H,1-4H3. The lowest BCUT2D eigenvalue weighted by atomic mass is 9.82. The lowest BCUT2D eigenvalue weighted by molar-refractivity contribution is -0.107. The molecule has 0 spiro atoms. The van der Waals surface area contributed by atoms with E-state index in [9.17, 15) is 0 Å². The number of hydrogen-bond donors (Lipinski definition) is 5. The Morgan fingerprint density at radius 2 is 1.58 bits per heavy atom. The number of pyridine rings is 1. The van der Waals surface area contributed by atoms with Crippen molar-refractivity contribution in [2.75, 3.05) is 0 Å². The van der Waals surface area contributed by atoms with Crippen LogP contribution in [0.15, 0.2) is 18.3 Å². The largest absolute Gasteiger partial charge is 0.490 e. The minimum atomic E-state index is -1.45. The lowest BCUT2D eigenvalue weighted by Gasteiger charge is -2.31. The maximum absolute atomic E-state index is 9.10. The maximum Gasteiger partial charge on any atom is 0.490 e. The Morgan fingerprint density at radius 1 is 1.11 bits per heavy atom. The molecule has 0 radical (unpaired) electrons. The summed E-state index contributed by atoms with van der Waals surface area (Å²) in [6, 6.07) is 3.24. The highest BCUT2D eigenvalue weighted by atomic mass is 16.4. The molecule has 0 bridgehead atoms. The van der Waals surface area contributed by atoms with Crippen LogP contribution in [0.3, 0.4) is 0 Å². The molecule has 0 saturated heterocycles. The third-order valence-electron chi connectivity index (χ3n) is 2.85. The summed E-state index contributed by atoms with van der Waals surface area (Å²) in [6.45, 7) is 6.67. The van der Waals surface area contributed by atoms with Crippen LogP contribution in [0.4, 0.5) is 0 Å². The molecule has 0 atom stereocenters. The van der Waals surface area contributed by atoms with Crippen molar-refractivity contribution in [3.8, 4) is 0 Å². The van der Waals surface area contributed by atoms with Gasteiger partial charge in [0.1, 0.15) is 0 Å². The molecular formula is C12H23BN2O4. The quantitative estimate of drug-likeness (QED) is 0.438. The second-order valence-electron chi connectivity index (χ2n) is 5.28. The summed E-state index contributed by atoms with van der Waals surface area (Å²) in [5, 5.41) is 35.6. The Bertz CT molecular complexity index is 357. The van der Waals surface area contributed by atoms with Gasteiger partial charge in [0, 0.05) is 18.2 Å². The molecule has 7 heteroatoms. The Morgan fingerprint density at radius 3 is 1.79 bits per heavy atom. The van der Waals surface area contributed by atoms with E-state index in [0.29, 0.717) is 12.0 Å². The van der Waals surface area contributed by atoms with Crippen LogP contribution in [0, 0.1) is 0 Å². The van der Waals surface area contributed by atoms with Gasteiger partial charge in [-0.25, -0.2) is 0 Å². The SMILES string of the molecule is CC(C)(O)C(C)(C)O.NCc1ccc(B(O)O)cn1. The highest BCUT2D eigenvalue weighted by Gasteiger charge is 2.31. The minimum absolute atomic E-state index is 0.363. The van der Waals surface area contributed by atoms with Gasteiger partial charge in [-0.3, -0.25) is 4.98 Å². The number of nitrogens with zero attached hydrogens (tertiary/aromatic N) is 1. The second-order valence-corrected chi connectivity index (χ2v) is 5.28. The van der Waals surface area contributed by atoms with E-state index in [2.05, 4.69) is 4.98 Å². The summed E-state index contributed by atoms with van der Waals surface area (Å²) < 4.78 is 0. The van der Waals surface area contributed by atoms with Crippen LogP contribution in [0.5, 0.6) is 0 Å². The van der Waals surface area contributed by atoms with Crippen LogP contribution in [0.1, 0.15) is 33.4 Å². The van der Waals surface area contributed by atoms with E-state index >= 15 is 0 Å². The van der Waals surface area contributed by atoms with Crippen LogP contribution in [0.25, 0.3) is 0 Å². The summed E-state index contributed by atoms with van der Waals surface area (Å²) in [6.07, 6.45) is 1.40. The van der Waals surface area contributed by atoms with Gasteiger partial charge in [0.25, 0.3) is 0 Å². The molecule has 0 fully saturated rings. The van der Waals surface area contributed by atoms with Crippen LogP contribution >= 0.6 is 0 Å². The molecule has 0 aromatic carbocycles. The molecule has 1 heterocycles. The Balaban J connectivity index is 0.000000362. The van der Waals surface area contributed by atoms with Gasteiger partial charge in [-0.2, -0.15) is 0 Å². The third kappa shape index (κ3) is 6.65. The van der Waals surface area contributed by atoms with E-state index in [-0.39, 0.29) is 0 Å². The molecule has 0 aliphatic rings. The maximum atomic E-state index is 9.10. The fourth-order valence-electron chi connectivity index (χ4n) is 0.709. The second kappa shape index (κ2) is 6.97. The van der Waals surface area contributed by atoms with Gasteiger partial charge in [0.05, 0.1) is 16.9 Å². The summed E-state index contributed by atoms with van der Waals surface area (Å²) in [5.74, 6) is 0. The first-order valence-electron chi connectivity index (χ1n) is 5.95. The van der Waals surface area contributed by atoms with E-state index in [0.717, 1.165) is 5.69 Å².